The van der Waals surface area contributed by atoms with Gasteiger partial charge in [-0.15, -0.1) is 0 Å². The van der Waals surface area contributed by atoms with E-state index < -0.39 is 17.8 Å². The summed E-state index contributed by atoms with van der Waals surface area (Å²) in [5.74, 6) is 0. The van der Waals surface area contributed by atoms with Crippen LogP contribution in [0.2, 0.25) is 0 Å². The van der Waals surface area contributed by atoms with Crippen LogP contribution < -0.4 is 0 Å². The van der Waals surface area contributed by atoms with Gasteiger partial charge < -0.3 is 9.84 Å². The monoisotopic (exact) mass is 144 g/mol. The molecular weight excluding hydrogens is 134 g/mol. The third-order valence-corrected chi connectivity index (χ3v) is 1.76. The number of ether oxygens (including phenoxy) is 1. The van der Waals surface area contributed by atoms with Crippen LogP contribution in [0.4, 0.5) is 4.39 Å². The second-order valence-corrected chi connectivity index (χ2v) is 2.84. The molecule has 56 valence electrons. The molecule has 1 N–H and O–H groups in total. The first kappa shape index (κ1) is 8.02. The average molecular weight is 144 g/mol. The van der Waals surface area contributed by atoms with Crippen LogP contribution in [0.1, 0.15) is 13.3 Å². The van der Waals surface area contributed by atoms with Crippen molar-refractivity contribution in [3.05, 3.63) is 0 Å². The van der Waals surface area contributed by atoms with E-state index in [1.165, 1.54) is 6.92 Å². The molecule has 1 saturated heterocycles. The minimum absolute atomic E-state index is 0.160. The van der Waals surface area contributed by atoms with Crippen LogP contribution in [0, 0.1) is 0 Å². The van der Waals surface area contributed by atoms with Crippen molar-refractivity contribution < 1.29 is 14.2 Å². The van der Waals surface area contributed by atoms with Crippen LogP contribution >= 0.6 is 0 Å². The molecule has 2 nitrogen and oxygen atoms in total. The fourth-order valence-electron chi connectivity index (χ4n) is 1.07. The molecule has 0 aliphatic carbocycles. The third-order valence-electron chi connectivity index (χ3n) is 1.76. The molecule has 1 heterocycles. The lowest BCUT2D eigenvalue weighted by atomic mass is 9.85. The van der Waals surface area contributed by atoms with Crippen LogP contribution in [0.15, 0.2) is 0 Å². The average Bonchev–Trinajstić information content (AvgIpc) is 2.08. The highest BCUT2D eigenvalue weighted by Crippen LogP contribution is 2.31. The van der Waals surface area contributed by atoms with E-state index in [4.69, 9.17) is 17.7 Å². The zero-order valence-electron chi connectivity index (χ0n) is 5.88. The Morgan fingerprint density at radius 2 is 2.50 bits per heavy atom. The smallest absolute Gasteiger partial charge is 0.128 e. The molecular formula is C6H10BFO2. The quantitative estimate of drug-likeness (QED) is 0.524. The van der Waals surface area contributed by atoms with E-state index in [2.05, 4.69) is 0 Å². The largest absolute Gasteiger partial charge is 0.394 e. The maximum Gasteiger partial charge on any atom is 0.128 e. The first-order chi connectivity index (χ1) is 4.56. The molecule has 2 radical (unpaired) electrons. The first-order valence-electron chi connectivity index (χ1n) is 3.27. The van der Waals surface area contributed by atoms with Gasteiger partial charge in [0.25, 0.3) is 0 Å². The first-order valence-corrected chi connectivity index (χ1v) is 3.27. The Hall–Kier alpha value is -0.0851. The van der Waals surface area contributed by atoms with Gasteiger partial charge in [-0.2, -0.15) is 0 Å². The number of aliphatic hydroxyl groups is 1. The van der Waals surface area contributed by atoms with E-state index in [-0.39, 0.29) is 13.0 Å². The number of hydrogen-bond donors (Lipinski definition) is 1. The van der Waals surface area contributed by atoms with Crippen LogP contribution in [0.3, 0.4) is 0 Å². The fourth-order valence-corrected chi connectivity index (χ4v) is 1.07. The number of alkyl halides is 1. The Kier molecular flexibility index (Phi) is 2.01. The lowest BCUT2D eigenvalue weighted by Gasteiger charge is -2.16. The van der Waals surface area contributed by atoms with Crippen molar-refractivity contribution in [2.45, 2.75) is 31.1 Å². The molecule has 0 saturated carbocycles. The highest BCUT2D eigenvalue weighted by molar-refractivity contribution is 6.12. The highest BCUT2D eigenvalue weighted by atomic mass is 19.1. The standard InChI is InChI=1S/C6H10BFO2/c1-6(8)2-4(3-9)10-5(6)7/h4-5,9H,2-3H2,1H3/t4-,5+,6+/m0/s1. The van der Waals surface area contributed by atoms with Crippen molar-refractivity contribution in [2.24, 2.45) is 0 Å². The van der Waals surface area contributed by atoms with E-state index >= 15 is 0 Å². The Bertz CT molecular complexity index is 129. The molecule has 0 aromatic heterocycles. The fraction of sp³-hybridized carbons (Fsp3) is 1.00. The number of hydrogen-bond acceptors (Lipinski definition) is 2. The van der Waals surface area contributed by atoms with Gasteiger partial charge in [0, 0.05) is 6.42 Å². The van der Waals surface area contributed by atoms with Crippen molar-refractivity contribution in [2.75, 3.05) is 6.61 Å². The van der Waals surface area contributed by atoms with E-state index in [1.807, 2.05) is 0 Å². The summed E-state index contributed by atoms with van der Waals surface area (Å²) in [6.07, 6.45) is -0.241. The number of halogens is 1. The molecule has 1 rings (SSSR count). The summed E-state index contributed by atoms with van der Waals surface area (Å²) in [6.45, 7) is 1.22. The Morgan fingerprint density at radius 1 is 1.90 bits per heavy atom. The van der Waals surface area contributed by atoms with Gasteiger partial charge in [0.05, 0.1) is 18.7 Å². The lowest BCUT2D eigenvalue weighted by Crippen LogP contribution is -2.29. The maximum atomic E-state index is 13.1. The number of rotatable bonds is 1. The van der Waals surface area contributed by atoms with E-state index in [0.29, 0.717) is 0 Å². The van der Waals surface area contributed by atoms with E-state index in [1.54, 1.807) is 0 Å². The van der Waals surface area contributed by atoms with Crippen molar-refractivity contribution in [1.82, 2.24) is 0 Å². The second-order valence-electron chi connectivity index (χ2n) is 2.84. The summed E-state index contributed by atoms with van der Waals surface area (Å²) >= 11 is 0. The van der Waals surface area contributed by atoms with Crippen molar-refractivity contribution >= 4 is 7.85 Å². The summed E-state index contributed by atoms with van der Waals surface area (Å²) in [5, 5.41) is 8.57. The van der Waals surface area contributed by atoms with Crippen LogP contribution in [-0.4, -0.2) is 37.3 Å². The van der Waals surface area contributed by atoms with E-state index in [9.17, 15) is 4.39 Å². The number of aliphatic hydroxyl groups excluding tert-OH is 1. The van der Waals surface area contributed by atoms with Gasteiger partial charge in [-0.25, -0.2) is 4.39 Å². The molecule has 0 unspecified atom stereocenters. The zero-order valence-corrected chi connectivity index (χ0v) is 5.88. The van der Waals surface area contributed by atoms with Gasteiger partial charge in [0.1, 0.15) is 13.5 Å². The lowest BCUT2D eigenvalue weighted by molar-refractivity contribution is 0.0279. The normalized spacial score (nSPS) is 47.9. The van der Waals surface area contributed by atoms with Gasteiger partial charge >= 0.3 is 0 Å². The van der Waals surface area contributed by atoms with Crippen molar-refractivity contribution in [1.29, 1.82) is 0 Å². The molecule has 4 heteroatoms. The van der Waals surface area contributed by atoms with E-state index in [0.717, 1.165) is 0 Å². The zero-order chi connectivity index (χ0) is 7.78. The van der Waals surface area contributed by atoms with Crippen LogP contribution in [0.5, 0.6) is 0 Å². The van der Waals surface area contributed by atoms with Gasteiger partial charge in [-0.1, -0.05) is 0 Å². The molecule has 1 aliphatic rings. The van der Waals surface area contributed by atoms with Crippen LogP contribution in [-0.2, 0) is 4.74 Å². The van der Waals surface area contributed by atoms with Crippen LogP contribution in [0.25, 0.3) is 0 Å². The predicted molar refractivity (Wildman–Crippen MR) is 35.6 cm³/mol. The third kappa shape index (κ3) is 1.32. The Morgan fingerprint density at radius 3 is 2.70 bits per heavy atom. The molecule has 0 aromatic carbocycles. The highest BCUT2D eigenvalue weighted by Gasteiger charge is 2.41. The SMILES string of the molecule is [B][C@@H]1O[C@H](CO)C[C@@]1(C)F. The molecule has 1 fully saturated rings. The minimum atomic E-state index is -1.48. The van der Waals surface area contributed by atoms with Gasteiger partial charge in [-0.05, 0) is 6.92 Å². The summed E-state index contributed by atoms with van der Waals surface area (Å²) < 4.78 is 18.0. The predicted octanol–water partition coefficient (Wildman–Crippen LogP) is -0.00960. The topological polar surface area (TPSA) is 29.5 Å². The Labute approximate surface area is 60.8 Å². The van der Waals surface area contributed by atoms with Gasteiger partial charge in [-0.3, -0.25) is 0 Å². The summed E-state index contributed by atoms with van der Waals surface area (Å²) in [6, 6.07) is -0.885. The van der Waals surface area contributed by atoms with Crippen molar-refractivity contribution in [3.63, 3.8) is 0 Å². The van der Waals surface area contributed by atoms with Crippen molar-refractivity contribution in [3.8, 4) is 0 Å². The molecule has 0 bridgehead atoms. The minimum Gasteiger partial charge on any atom is -0.394 e. The molecule has 1 aliphatic heterocycles. The summed E-state index contributed by atoms with van der Waals surface area (Å²) in [4.78, 5) is 0. The maximum absolute atomic E-state index is 13.1. The summed E-state index contributed by atoms with van der Waals surface area (Å²) in [7, 11) is 5.27. The molecule has 3 atom stereocenters. The molecule has 10 heavy (non-hydrogen) atoms. The molecule has 0 amide bonds. The molecule has 0 spiro atoms. The Balaban J connectivity index is 2.53. The van der Waals surface area contributed by atoms with Gasteiger partial charge in [0.2, 0.25) is 0 Å². The second kappa shape index (κ2) is 2.51. The summed E-state index contributed by atoms with van der Waals surface area (Å²) in [5.41, 5.74) is -1.48. The molecule has 0 aromatic rings. The van der Waals surface area contributed by atoms with Gasteiger partial charge in [0.15, 0.2) is 0 Å².